The number of hydrogen-bond acceptors (Lipinski definition) is 2. The van der Waals surface area contributed by atoms with Crippen molar-refractivity contribution >= 4 is 0 Å². The zero-order valence-corrected chi connectivity index (χ0v) is 28.3. The molecule has 2 nitrogen and oxygen atoms in total. The zero-order chi connectivity index (χ0) is 31.5. The highest BCUT2D eigenvalue weighted by Crippen LogP contribution is 2.40. The predicted octanol–water partition coefficient (Wildman–Crippen LogP) is 10.6. The number of aliphatic hydroxyl groups is 2. The second-order valence-corrected chi connectivity index (χ2v) is 14.4. The van der Waals surface area contributed by atoms with E-state index < -0.39 is 0 Å². The lowest BCUT2D eigenvalue weighted by atomic mass is 9.72. The molecule has 0 amide bonds. The van der Waals surface area contributed by atoms with Crippen molar-refractivity contribution < 1.29 is 10.2 Å². The van der Waals surface area contributed by atoms with Gasteiger partial charge in [-0.3, -0.25) is 0 Å². The first-order chi connectivity index (χ1) is 19.6. The minimum atomic E-state index is -0.246. The second kappa shape index (κ2) is 16.2. The van der Waals surface area contributed by atoms with Crippen LogP contribution in [0.1, 0.15) is 121 Å². The molecular weight excluding hydrogens is 512 g/mol. The molecule has 2 rings (SSSR count). The fourth-order valence-electron chi connectivity index (χ4n) is 6.27. The van der Waals surface area contributed by atoms with Gasteiger partial charge in [0.15, 0.2) is 0 Å². The summed E-state index contributed by atoms with van der Waals surface area (Å²) in [6.45, 7) is 21.7. The van der Waals surface area contributed by atoms with E-state index in [9.17, 15) is 10.2 Å². The van der Waals surface area contributed by atoms with E-state index >= 15 is 0 Å². The van der Waals surface area contributed by atoms with Crippen LogP contribution in [0.15, 0.2) is 70.1 Å². The third-order valence-corrected chi connectivity index (χ3v) is 8.61. The molecule has 0 saturated heterocycles. The molecule has 230 valence electrons. The Morgan fingerprint density at radius 1 is 0.976 bits per heavy atom. The Morgan fingerprint density at radius 2 is 1.62 bits per heavy atom. The van der Waals surface area contributed by atoms with Crippen LogP contribution >= 0.6 is 0 Å². The van der Waals surface area contributed by atoms with Crippen LogP contribution < -0.4 is 0 Å². The third-order valence-electron chi connectivity index (χ3n) is 8.61. The highest BCUT2D eigenvalue weighted by Gasteiger charge is 2.32. The molecule has 0 aromatic heterocycles. The lowest BCUT2D eigenvalue weighted by Crippen LogP contribution is -2.28. The molecule has 0 spiro atoms. The smallest absolute Gasteiger partial charge is 0.0934 e. The van der Waals surface area contributed by atoms with Crippen LogP contribution in [0.3, 0.4) is 0 Å². The van der Waals surface area contributed by atoms with Gasteiger partial charge in [-0.2, -0.15) is 0 Å². The van der Waals surface area contributed by atoms with E-state index in [2.05, 4.69) is 116 Å². The monoisotopic (exact) mass is 570 g/mol. The molecule has 0 radical (unpaired) electrons. The van der Waals surface area contributed by atoms with Crippen LogP contribution in [-0.4, -0.2) is 16.3 Å². The fraction of sp³-hybridized carbons (Fsp3) is 0.600. The van der Waals surface area contributed by atoms with Gasteiger partial charge >= 0.3 is 0 Å². The maximum absolute atomic E-state index is 10.1. The van der Waals surface area contributed by atoms with Crippen LogP contribution in [0.5, 0.6) is 0 Å². The van der Waals surface area contributed by atoms with Gasteiger partial charge in [-0.15, -0.1) is 0 Å². The van der Waals surface area contributed by atoms with Crippen LogP contribution in [0.25, 0.3) is 0 Å². The normalized spacial score (nSPS) is 22.8. The van der Waals surface area contributed by atoms with Gasteiger partial charge in [0.25, 0.3) is 0 Å². The molecule has 4 atom stereocenters. The van der Waals surface area contributed by atoms with Gasteiger partial charge in [-0.1, -0.05) is 121 Å². The average Bonchev–Trinajstić information content (AvgIpc) is 2.84. The highest BCUT2D eigenvalue weighted by molar-refractivity contribution is 5.46. The lowest BCUT2D eigenvalue weighted by molar-refractivity contribution is 0.117. The van der Waals surface area contributed by atoms with E-state index in [0.717, 1.165) is 36.0 Å². The molecule has 2 heteroatoms. The van der Waals surface area contributed by atoms with E-state index in [0.29, 0.717) is 29.9 Å². The van der Waals surface area contributed by atoms with Crippen molar-refractivity contribution in [1.29, 1.82) is 0 Å². The van der Waals surface area contributed by atoms with Crippen LogP contribution in [0.2, 0.25) is 0 Å². The Bertz CT molecular complexity index is 1240. The second-order valence-electron chi connectivity index (χ2n) is 14.4. The van der Waals surface area contributed by atoms with E-state index in [4.69, 9.17) is 0 Å². The maximum Gasteiger partial charge on any atom is 0.0934 e. The van der Waals surface area contributed by atoms with E-state index in [1.165, 1.54) is 36.8 Å². The molecule has 0 saturated carbocycles. The molecular formula is C40H58O2. The summed E-state index contributed by atoms with van der Waals surface area (Å²) in [7, 11) is 0. The first-order valence-corrected chi connectivity index (χ1v) is 16.1. The number of rotatable bonds is 10. The molecule has 0 aromatic carbocycles. The summed E-state index contributed by atoms with van der Waals surface area (Å²) in [4.78, 5) is 0. The van der Waals surface area contributed by atoms with E-state index in [1.807, 2.05) is 13.0 Å². The Labute approximate surface area is 258 Å². The van der Waals surface area contributed by atoms with Gasteiger partial charge in [0, 0.05) is 34.3 Å². The fourth-order valence-corrected chi connectivity index (χ4v) is 6.27. The van der Waals surface area contributed by atoms with E-state index in [-0.39, 0.29) is 16.9 Å². The Kier molecular flexibility index (Phi) is 13.7. The van der Waals surface area contributed by atoms with Crippen LogP contribution in [-0.2, 0) is 0 Å². The van der Waals surface area contributed by atoms with Crippen molar-refractivity contribution in [3.8, 4) is 23.7 Å². The van der Waals surface area contributed by atoms with Crippen LogP contribution in [0.4, 0.5) is 0 Å². The molecule has 2 aliphatic carbocycles. The molecule has 0 heterocycles. The maximum atomic E-state index is 10.1. The summed E-state index contributed by atoms with van der Waals surface area (Å²) >= 11 is 0. The quantitative estimate of drug-likeness (QED) is 0.119. The predicted molar refractivity (Wildman–Crippen MR) is 182 cm³/mol. The van der Waals surface area contributed by atoms with Crippen molar-refractivity contribution in [2.24, 2.45) is 28.6 Å². The third kappa shape index (κ3) is 11.9. The summed E-state index contributed by atoms with van der Waals surface area (Å²) in [6.07, 6.45) is 20.9. The Hall–Kier alpha value is -2.68. The van der Waals surface area contributed by atoms with Gasteiger partial charge in [0.1, 0.15) is 0 Å². The molecule has 0 bridgehead atoms. The van der Waals surface area contributed by atoms with Gasteiger partial charge in [-0.25, -0.2) is 0 Å². The van der Waals surface area contributed by atoms with Crippen molar-refractivity contribution in [2.75, 3.05) is 0 Å². The van der Waals surface area contributed by atoms with E-state index in [1.54, 1.807) is 0 Å². The molecule has 2 aliphatic rings. The SMILES string of the molecule is CC1=C(C#CC(C)C/C=C/C(C)CCCCC(C)/C=C/C=C(\C)C#CC2=C(C)C[C@@H](O)CC2(C)C)C(C)(C)CC(O)=C1. The molecule has 0 fully saturated rings. The highest BCUT2D eigenvalue weighted by atomic mass is 16.3. The Morgan fingerprint density at radius 3 is 2.24 bits per heavy atom. The van der Waals surface area contributed by atoms with Crippen molar-refractivity contribution in [1.82, 2.24) is 0 Å². The van der Waals surface area contributed by atoms with Crippen LogP contribution in [0, 0.1) is 52.3 Å². The van der Waals surface area contributed by atoms with Gasteiger partial charge in [0.05, 0.1) is 11.9 Å². The summed E-state index contributed by atoms with van der Waals surface area (Å²) in [6, 6.07) is 0. The van der Waals surface area contributed by atoms with Crippen molar-refractivity contribution in [3.05, 3.63) is 70.1 Å². The van der Waals surface area contributed by atoms with Gasteiger partial charge < -0.3 is 10.2 Å². The topological polar surface area (TPSA) is 40.5 Å². The molecule has 2 N–H and O–H groups in total. The van der Waals surface area contributed by atoms with Gasteiger partial charge in [-0.05, 0) is 81.9 Å². The summed E-state index contributed by atoms with van der Waals surface area (Å²) in [5, 5.41) is 20.1. The standard InChI is InChI=1S/C40H58O2/c1-29(17-13-19-31(3)21-23-37-33(5)25-35(41)27-39(37,7)8)15-11-12-16-30(2)18-14-20-32(4)22-24-38-34(6)26-36(42)28-40(38,9)10/h13-14,17-19,26,29-30,32,35,41-42H,11-12,15-16,20,25,27-28H2,1-10H3/b17-13+,18-14+,31-19+/t29?,30?,32?,35-/m1/s1. The summed E-state index contributed by atoms with van der Waals surface area (Å²) < 4.78 is 0. The minimum absolute atomic E-state index is 0.0614. The number of allylic oxidation sites excluding steroid dienone is 11. The number of hydrogen-bond donors (Lipinski definition) is 2. The zero-order valence-electron chi connectivity index (χ0n) is 28.3. The molecule has 3 unspecified atom stereocenters. The first-order valence-electron chi connectivity index (χ1n) is 16.1. The summed E-state index contributed by atoms with van der Waals surface area (Å²) in [5.41, 5.74) is 5.56. The molecule has 0 aromatic rings. The lowest BCUT2D eigenvalue weighted by Gasteiger charge is -2.34. The molecule has 0 aliphatic heterocycles. The van der Waals surface area contributed by atoms with Gasteiger partial charge in [0.2, 0.25) is 0 Å². The summed E-state index contributed by atoms with van der Waals surface area (Å²) in [5.74, 6) is 15.5. The van der Waals surface area contributed by atoms with Crippen molar-refractivity contribution in [2.45, 2.75) is 127 Å². The molecule has 42 heavy (non-hydrogen) atoms. The minimum Gasteiger partial charge on any atom is -0.512 e. The largest absolute Gasteiger partial charge is 0.512 e. The number of unbranched alkanes of at least 4 members (excludes halogenated alkanes) is 1. The first kappa shape index (κ1) is 35.5. The average molecular weight is 571 g/mol. The Balaban J connectivity index is 1.72. The van der Waals surface area contributed by atoms with Crippen molar-refractivity contribution in [3.63, 3.8) is 0 Å². The number of aliphatic hydroxyl groups excluding tert-OH is 2.